The van der Waals surface area contributed by atoms with Crippen LogP contribution in [0.5, 0.6) is 0 Å². The van der Waals surface area contributed by atoms with Gasteiger partial charge in [-0.3, -0.25) is 9.59 Å². The average molecular weight is 613 g/mol. The van der Waals surface area contributed by atoms with Crippen molar-refractivity contribution >= 4 is 11.9 Å². The molecule has 4 nitrogen and oxygen atoms in total. The summed E-state index contributed by atoms with van der Waals surface area (Å²) in [5.41, 5.74) is 0. The Bertz CT molecular complexity index is 664. The third kappa shape index (κ3) is 34.1. The van der Waals surface area contributed by atoms with Crippen molar-refractivity contribution in [2.75, 3.05) is 13.2 Å². The van der Waals surface area contributed by atoms with Gasteiger partial charge in [-0.2, -0.15) is 0 Å². The van der Waals surface area contributed by atoms with Crippen LogP contribution < -0.4 is 0 Å². The third-order valence-electron chi connectivity index (χ3n) is 6.69. The lowest BCUT2D eigenvalue weighted by atomic mass is 10.1. The Hall–Kier alpha value is -1.84. The SMILES string of the molecule is C.C=CCCOC(=O)CCCCCCC/C=C\CCCCCCCC.O=C1CCCCCCCC=CCCO1.[2H][2H].[2H][2H].[2H][2H].[2H][2H].[2H][2H].[2H][2H].[2H][2H].[2H][2H].[2H][2H].[2H][2H].[2H][2H].[2H][2H].[2H][2H].[2H][2H].[2H][2H].[2H][2H]. The molecule has 1 heterocycles. The highest BCUT2D eigenvalue weighted by atomic mass is 16.5. The molecule has 0 atom stereocenters. The van der Waals surface area contributed by atoms with Gasteiger partial charge in [-0.25, -0.2) is 0 Å². The lowest BCUT2D eigenvalue weighted by Gasteiger charge is -2.03. The first-order valence-electron chi connectivity index (χ1n) is 31.9. The van der Waals surface area contributed by atoms with E-state index in [-0.39, 0.29) is 19.4 Å². The molecule has 1 rings (SSSR count). The van der Waals surface area contributed by atoms with E-state index in [2.05, 4.69) is 37.8 Å². The Morgan fingerprint density at radius 1 is 0.872 bits per heavy atom. The molecule has 39 heavy (non-hydrogen) atoms. The molecule has 0 aromatic carbocycles. The zero-order chi connectivity index (χ0) is 59.8. The minimum absolute atomic E-state index is 0. The Kier molecular flexibility index (Phi) is 16.3. The van der Waals surface area contributed by atoms with E-state index >= 15 is 0 Å². The summed E-state index contributed by atoms with van der Waals surface area (Å²) in [6.07, 6.45) is 37.3. The van der Waals surface area contributed by atoms with Gasteiger partial charge in [-0.1, -0.05) is 115 Å². The van der Waals surface area contributed by atoms with Gasteiger partial charge in [0.05, 0.1) is 13.2 Å². The predicted molar refractivity (Wildman–Crippen MR) is 203 cm³/mol. The molecule has 0 unspecified atom stereocenters. The molecule has 0 saturated carbocycles. The Morgan fingerprint density at radius 3 is 2.15 bits per heavy atom. The van der Waals surface area contributed by atoms with Gasteiger partial charge >= 0.3 is 11.9 Å². The highest BCUT2D eigenvalue weighted by Gasteiger charge is 2.02. The molecule has 0 amide bonds. The van der Waals surface area contributed by atoms with E-state index in [0.717, 1.165) is 32.1 Å². The number of cyclic esters (lactones) is 1. The van der Waals surface area contributed by atoms with Crippen molar-refractivity contribution in [1.82, 2.24) is 0 Å². The Labute approximate surface area is 292 Å². The van der Waals surface area contributed by atoms with E-state index in [0.29, 0.717) is 26.1 Å². The summed E-state index contributed by atoms with van der Waals surface area (Å²) >= 11 is 0. The fraction of sp³-hybridized carbons (Fsp3) is 0.771. The number of carbonyl (C=O) groups is 2. The second-order valence-corrected chi connectivity index (χ2v) is 10.4. The molecule has 0 aromatic rings. The summed E-state index contributed by atoms with van der Waals surface area (Å²) in [6, 6.07) is 0. The lowest BCUT2D eigenvalue weighted by molar-refractivity contribution is -0.144. The maximum Gasteiger partial charge on any atom is 0.305 e. The zero-order valence-electron chi connectivity index (χ0n) is 56.9. The molecule has 0 radical (unpaired) electrons. The topological polar surface area (TPSA) is 52.6 Å². The van der Waals surface area contributed by atoms with Crippen LogP contribution >= 0.6 is 0 Å². The van der Waals surface area contributed by atoms with Crippen molar-refractivity contribution in [2.24, 2.45) is 0 Å². The fourth-order valence-corrected chi connectivity index (χ4v) is 4.28. The molecule has 4 heteroatoms. The van der Waals surface area contributed by atoms with Crippen molar-refractivity contribution in [3.63, 3.8) is 0 Å². The number of unbranched alkanes of at least 4 members (excludes halogenated alkanes) is 11. The summed E-state index contributed by atoms with van der Waals surface area (Å²) in [4.78, 5) is 22.5. The molecule has 0 fully saturated rings. The van der Waals surface area contributed by atoms with Crippen LogP contribution in [0.3, 0.4) is 0 Å². The van der Waals surface area contributed by atoms with Gasteiger partial charge in [-0.05, 0) is 64.2 Å². The monoisotopic (exact) mass is 613 g/mol. The van der Waals surface area contributed by atoms with Gasteiger partial charge in [0.2, 0.25) is 0 Å². The van der Waals surface area contributed by atoms with E-state index in [4.69, 9.17) is 57.0 Å². The van der Waals surface area contributed by atoms with Crippen molar-refractivity contribution in [2.45, 2.75) is 162 Å². The number of ether oxygens (including phenoxy) is 2. The van der Waals surface area contributed by atoms with Gasteiger partial charge in [0, 0.05) is 60.4 Å². The third-order valence-corrected chi connectivity index (χ3v) is 6.69. The summed E-state index contributed by atoms with van der Waals surface area (Å²) in [5.74, 6) is -0.0906. The number of carbonyl (C=O) groups excluding carboxylic acids is 2. The van der Waals surface area contributed by atoms with Crippen LogP contribution in [0.2, 0.25) is 0 Å². The van der Waals surface area contributed by atoms with E-state index in [1.165, 1.54) is 103 Å². The quantitative estimate of drug-likeness (QED) is 0.0877. The zero-order valence-corrected chi connectivity index (χ0v) is 24.9. The van der Waals surface area contributed by atoms with Crippen molar-refractivity contribution in [3.05, 3.63) is 37.0 Å². The molecular formula is C35H96O4. The van der Waals surface area contributed by atoms with Crippen LogP contribution in [0.15, 0.2) is 37.0 Å². The van der Waals surface area contributed by atoms with E-state index in [1.54, 1.807) is 6.08 Å². The minimum Gasteiger partial charge on any atom is -0.465 e. The average Bonchev–Trinajstić information content (AvgIpc) is 3.51. The second-order valence-electron chi connectivity index (χ2n) is 10.4. The largest absolute Gasteiger partial charge is 0.465 e. The highest BCUT2D eigenvalue weighted by Crippen LogP contribution is 2.11. The number of rotatable bonds is 18. The van der Waals surface area contributed by atoms with Gasteiger partial charge in [0.25, 0.3) is 0 Å². The van der Waals surface area contributed by atoms with Crippen molar-refractivity contribution < 1.29 is 66.6 Å². The molecule has 0 aliphatic carbocycles. The molecule has 0 N–H and O–H groups in total. The number of esters is 2. The first-order chi connectivity index (χ1) is 34.7. The second kappa shape index (κ2) is 34.2. The molecule has 260 valence electrons. The Morgan fingerprint density at radius 2 is 1.46 bits per heavy atom. The van der Waals surface area contributed by atoms with E-state index in [1.807, 2.05) is 0 Å². The van der Waals surface area contributed by atoms with Crippen LogP contribution in [0.25, 0.3) is 0 Å². The molecule has 0 spiro atoms. The molecular weight excluding hydrogens is 484 g/mol. The number of hydrogen-bond acceptors (Lipinski definition) is 4. The van der Waals surface area contributed by atoms with Crippen molar-refractivity contribution in [1.29, 1.82) is 0 Å². The predicted octanol–water partition coefficient (Wildman–Crippen LogP) is 14.9. The van der Waals surface area contributed by atoms with Gasteiger partial charge in [-0.15, -0.1) is 6.58 Å². The molecule has 0 saturated heterocycles. The first-order valence-corrected chi connectivity index (χ1v) is 15.9. The molecule has 0 bridgehead atoms. The highest BCUT2D eigenvalue weighted by molar-refractivity contribution is 5.69. The van der Waals surface area contributed by atoms with Crippen LogP contribution in [0.1, 0.15) is 210 Å². The summed E-state index contributed by atoms with van der Waals surface area (Å²) in [5, 5.41) is 0. The first kappa shape index (κ1) is 18.6. The summed E-state index contributed by atoms with van der Waals surface area (Å²) in [6.45, 7) is 6.90. The van der Waals surface area contributed by atoms with Crippen LogP contribution in [-0.4, -0.2) is 25.2 Å². The number of allylic oxidation sites excluding steroid dienone is 3. The van der Waals surface area contributed by atoms with Gasteiger partial charge < -0.3 is 9.47 Å². The maximum absolute atomic E-state index is 11.4. The molecule has 0 aromatic heterocycles. The Balaban J connectivity index is -0.0000000320. The van der Waals surface area contributed by atoms with Crippen molar-refractivity contribution in [3.8, 4) is 0 Å². The van der Waals surface area contributed by atoms with Crippen LogP contribution in [-0.2, 0) is 19.1 Å². The summed E-state index contributed by atoms with van der Waals surface area (Å²) in [7, 11) is 0. The summed E-state index contributed by atoms with van der Waals surface area (Å²) < 4.78 is 170. The van der Waals surface area contributed by atoms with E-state index in [9.17, 15) is 9.59 Å². The molecule has 1 aliphatic heterocycles. The maximum atomic E-state index is 11.4. The number of hydrogen-bond donors (Lipinski definition) is 0. The molecule has 1 aliphatic rings. The van der Waals surface area contributed by atoms with Crippen LogP contribution in [0.4, 0.5) is 0 Å². The van der Waals surface area contributed by atoms with Crippen LogP contribution in [0, 0.1) is 0 Å². The fourth-order valence-electron chi connectivity index (χ4n) is 4.28. The van der Waals surface area contributed by atoms with Gasteiger partial charge in [0.1, 0.15) is 0 Å². The lowest BCUT2D eigenvalue weighted by Crippen LogP contribution is -2.04. The van der Waals surface area contributed by atoms with Gasteiger partial charge in [0.15, 0.2) is 0 Å². The minimum atomic E-state index is -0.0607. The normalized spacial score (nSPS) is 17.8. The van der Waals surface area contributed by atoms with E-state index < -0.39 is 0 Å². The smallest absolute Gasteiger partial charge is 0.305 e. The standard InChI is InChI=1S/C22H40O2.C12H20O2.CH4.16H2/c1-3-5-7-8-9-10-11-12-13-14-15-16-17-18-19-20-22(23)24-21-6-4-2;13-12-10-8-6-4-2-1-3-5-7-9-11-14-12;;;;;;;;;;;;;;;;;/h4,12-13H,2-3,5-11,14-21H2,1H3;5,7H,1-4,6,8-11H2;1H4;16*1H/b13-12-;;;;;;;;;;;;;;;;;;/i;;;16*1+1D.